The van der Waals surface area contributed by atoms with Crippen LogP contribution in [0.4, 0.5) is 13.2 Å². The highest BCUT2D eigenvalue weighted by Crippen LogP contribution is 2.33. The Morgan fingerprint density at radius 2 is 2.19 bits per heavy atom. The van der Waals surface area contributed by atoms with Crippen molar-refractivity contribution in [2.24, 2.45) is 0 Å². The average molecular weight is 364 g/mol. The number of hydrogen-bond donors (Lipinski definition) is 0. The molecule has 0 unspecified atom stereocenters. The van der Waals surface area contributed by atoms with E-state index in [0.717, 1.165) is 0 Å². The second kappa shape index (κ2) is 6.30. The van der Waals surface area contributed by atoms with Crippen LogP contribution in [0.25, 0.3) is 11.5 Å². The largest absolute Gasteiger partial charge is 0.460 e. The minimum Gasteiger partial charge on any atom is -0.460 e. The molecule has 0 aliphatic rings. The number of hydrogen-bond acceptors (Lipinski definition) is 4. The van der Waals surface area contributed by atoms with Gasteiger partial charge in [-0.1, -0.05) is 6.07 Å². The summed E-state index contributed by atoms with van der Waals surface area (Å²) in [5, 5.41) is 0. The maximum atomic E-state index is 13.5. The van der Waals surface area contributed by atoms with Crippen molar-refractivity contribution in [2.75, 3.05) is 6.61 Å². The van der Waals surface area contributed by atoms with Gasteiger partial charge in [-0.2, -0.15) is 0 Å². The first-order valence-electron chi connectivity index (χ1n) is 5.86. The molecule has 0 N–H and O–H groups in total. The quantitative estimate of drug-likeness (QED) is 0.757. The number of aromatic nitrogens is 1. The fourth-order valence-electron chi connectivity index (χ4n) is 1.61. The smallest absolute Gasteiger partial charge is 0.376 e. The van der Waals surface area contributed by atoms with Crippen molar-refractivity contribution in [3.63, 3.8) is 0 Å². The Labute approximate surface area is 126 Å². The fourth-order valence-corrected chi connectivity index (χ4v) is 2.04. The molecule has 8 heteroatoms. The van der Waals surface area contributed by atoms with Crippen LogP contribution in [0, 0.1) is 5.82 Å². The van der Waals surface area contributed by atoms with E-state index in [0.29, 0.717) is 0 Å². The molecule has 0 bridgehead atoms. The zero-order valence-electron chi connectivity index (χ0n) is 10.7. The predicted octanol–water partition coefficient (Wildman–Crippen LogP) is 4.36. The molecule has 1 heterocycles. The summed E-state index contributed by atoms with van der Waals surface area (Å²) < 4.78 is 49.0. The van der Waals surface area contributed by atoms with Crippen molar-refractivity contribution in [2.45, 2.75) is 13.3 Å². The second-order valence-electron chi connectivity index (χ2n) is 3.86. The Kier molecular flexibility index (Phi) is 4.66. The lowest BCUT2D eigenvalue weighted by Crippen LogP contribution is -2.06. The number of nitrogens with zero attached hydrogens (tertiary/aromatic N) is 1. The number of ether oxygens (including phenoxy) is 1. The lowest BCUT2D eigenvalue weighted by molar-refractivity contribution is 0.0476. The number of alkyl halides is 2. The van der Waals surface area contributed by atoms with E-state index < -0.39 is 29.7 Å². The molecule has 112 valence electrons. The van der Waals surface area contributed by atoms with Gasteiger partial charge in [-0.3, -0.25) is 0 Å². The van der Waals surface area contributed by atoms with Gasteiger partial charge >= 0.3 is 5.97 Å². The number of benzene rings is 1. The SMILES string of the molecule is CCOC(=O)c1oc(-c2cccc(F)c2Br)nc1C(F)F. The minimum absolute atomic E-state index is 0.00119. The number of carbonyl (C=O) groups excluding carboxylic acids is 1. The Balaban J connectivity index is 2.54. The Bertz CT molecular complexity index is 673. The highest BCUT2D eigenvalue weighted by atomic mass is 79.9. The van der Waals surface area contributed by atoms with Crippen molar-refractivity contribution in [1.29, 1.82) is 0 Å². The molecule has 0 radical (unpaired) electrons. The van der Waals surface area contributed by atoms with E-state index in [2.05, 4.69) is 25.7 Å². The molecule has 2 rings (SSSR count). The van der Waals surface area contributed by atoms with Crippen molar-refractivity contribution in [1.82, 2.24) is 4.98 Å². The Morgan fingerprint density at radius 1 is 1.48 bits per heavy atom. The van der Waals surface area contributed by atoms with Gasteiger partial charge in [0.2, 0.25) is 11.7 Å². The molecule has 0 saturated carbocycles. The summed E-state index contributed by atoms with van der Waals surface area (Å²) in [7, 11) is 0. The van der Waals surface area contributed by atoms with Gasteiger partial charge in [-0.25, -0.2) is 22.9 Å². The fraction of sp³-hybridized carbons (Fsp3) is 0.231. The molecule has 0 atom stereocenters. The molecule has 0 spiro atoms. The van der Waals surface area contributed by atoms with Crippen LogP contribution in [-0.2, 0) is 4.74 Å². The van der Waals surface area contributed by atoms with Gasteiger partial charge in [0.25, 0.3) is 6.43 Å². The maximum absolute atomic E-state index is 13.5. The summed E-state index contributed by atoms with van der Waals surface area (Å²) in [5.41, 5.74) is -0.716. The molecule has 2 aromatic rings. The summed E-state index contributed by atoms with van der Waals surface area (Å²) >= 11 is 2.98. The van der Waals surface area contributed by atoms with Gasteiger partial charge in [0.05, 0.1) is 16.6 Å². The first-order chi connectivity index (χ1) is 9.95. The zero-order chi connectivity index (χ0) is 15.6. The third kappa shape index (κ3) is 3.10. The highest BCUT2D eigenvalue weighted by Gasteiger charge is 2.28. The molecule has 0 aliphatic carbocycles. The lowest BCUT2D eigenvalue weighted by Gasteiger charge is -2.00. The van der Waals surface area contributed by atoms with E-state index in [9.17, 15) is 18.0 Å². The average Bonchev–Trinajstić information content (AvgIpc) is 2.87. The molecule has 1 aromatic carbocycles. The third-order valence-corrected chi connectivity index (χ3v) is 3.31. The van der Waals surface area contributed by atoms with Crippen molar-refractivity contribution in [3.8, 4) is 11.5 Å². The molecule has 0 saturated heterocycles. The summed E-state index contributed by atoms with van der Waals surface area (Å²) in [6.07, 6.45) is -3.02. The number of rotatable bonds is 4. The van der Waals surface area contributed by atoms with Gasteiger partial charge in [-0.05, 0) is 35.0 Å². The van der Waals surface area contributed by atoms with Crippen LogP contribution >= 0.6 is 15.9 Å². The first kappa shape index (κ1) is 15.6. The lowest BCUT2D eigenvalue weighted by atomic mass is 10.2. The summed E-state index contributed by atoms with van der Waals surface area (Å²) in [4.78, 5) is 15.2. The minimum atomic E-state index is -3.02. The van der Waals surface area contributed by atoms with E-state index in [-0.39, 0.29) is 22.5 Å². The predicted molar refractivity (Wildman–Crippen MR) is 70.5 cm³/mol. The second-order valence-corrected chi connectivity index (χ2v) is 4.65. The number of halogens is 4. The van der Waals surface area contributed by atoms with Crippen LogP contribution in [0.15, 0.2) is 27.1 Å². The normalized spacial score (nSPS) is 11.0. The first-order valence-corrected chi connectivity index (χ1v) is 6.65. The molecular formula is C13H9BrF3NO3. The van der Waals surface area contributed by atoms with Crippen LogP contribution in [-0.4, -0.2) is 17.6 Å². The van der Waals surface area contributed by atoms with Crippen LogP contribution in [0.2, 0.25) is 0 Å². The molecule has 4 nitrogen and oxygen atoms in total. The third-order valence-electron chi connectivity index (χ3n) is 2.50. The van der Waals surface area contributed by atoms with Crippen molar-refractivity contribution in [3.05, 3.63) is 39.9 Å². The molecule has 0 fully saturated rings. The van der Waals surface area contributed by atoms with Crippen molar-refractivity contribution < 1.29 is 27.1 Å². The van der Waals surface area contributed by atoms with Crippen LogP contribution in [0.1, 0.15) is 29.6 Å². The summed E-state index contributed by atoms with van der Waals surface area (Å²) in [5.74, 6) is -2.63. The van der Waals surface area contributed by atoms with Gasteiger partial charge in [0, 0.05) is 0 Å². The molecule has 0 aliphatic heterocycles. The highest BCUT2D eigenvalue weighted by molar-refractivity contribution is 9.10. The zero-order valence-corrected chi connectivity index (χ0v) is 12.3. The standard InChI is InChI=1S/C13H9BrF3NO3/c1-2-20-13(19)10-9(11(16)17)18-12(21-10)6-4-3-5-7(15)8(6)14/h3-5,11H,2H2,1H3. The van der Waals surface area contributed by atoms with Gasteiger partial charge in [-0.15, -0.1) is 0 Å². The topological polar surface area (TPSA) is 52.3 Å². The number of oxazole rings is 1. The monoisotopic (exact) mass is 363 g/mol. The summed E-state index contributed by atoms with van der Waals surface area (Å²) in [6, 6.07) is 3.96. The van der Waals surface area contributed by atoms with Gasteiger partial charge < -0.3 is 9.15 Å². The van der Waals surface area contributed by atoms with Crippen LogP contribution in [0.5, 0.6) is 0 Å². The van der Waals surface area contributed by atoms with Gasteiger partial charge in [0.1, 0.15) is 5.82 Å². The molecule has 1 aromatic heterocycles. The van der Waals surface area contributed by atoms with E-state index >= 15 is 0 Å². The molecular weight excluding hydrogens is 355 g/mol. The van der Waals surface area contributed by atoms with E-state index in [1.165, 1.54) is 25.1 Å². The maximum Gasteiger partial charge on any atom is 0.376 e. The Morgan fingerprint density at radius 3 is 2.81 bits per heavy atom. The van der Waals surface area contributed by atoms with Crippen molar-refractivity contribution >= 4 is 21.9 Å². The Hall–Kier alpha value is -1.83. The van der Waals surface area contributed by atoms with E-state index in [4.69, 9.17) is 4.42 Å². The summed E-state index contributed by atoms with van der Waals surface area (Å²) in [6.45, 7) is 1.53. The van der Waals surface area contributed by atoms with Crippen LogP contribution in [0.3, 0.4) is 0 Å². The van der Waals surface area contributed by atoms with E-state index in [1.807, 2.05) is 0 Å². The molecule has 21 heavy (non-hydrogen) atoms. The van der Waals surface area contributed by atoms with Gasteiger partial charge in [0.15, 0.2) is 5.69 Å². The van der Waals surface area contributed by atoms with E-state index in [1.54, 1.807) is 0 Å². The van der Waals surface area contributed by atoms with Crippen LogP contribution < -0.4 is 0 Å². The number of carbonyl (C=O) groups is 1. The number of esters is 1. The molecule has 0 amide bonds.